The molecule has 0 aliphatic rings. The van der Waals surface area contributed by atoms with Crippen molar-refractivity contribution in [3.05, 3.63) is 53.9 Å². The molecule has 3 aromatic rings. The molecule has 9 heteroatoms. The number of benzene rings is 1. The van der Waals surface area contributed by atoms with E-state index < -0.39 is 0 Å². The van der Waals surface area contributed by atoms with Crippen LogP contribution in [0.15, 0.2) is 36.7 Å². The first kappa shape index (κ1) is 16.6. The summed E-state index contributed by atoms with van der Waals surface area (Å²) in [4.78, 5) is 16.0. The number of ether oxygens (including phenoxy) is 1. The summed E-state index contributed by atoms with van der Waals surface area (Å²) in [6.45, 7) is 2.72. The van der Waals surface area contributed by atoms with Gasteiger partial charge in [-0.3, -0.25) is 4.40 Å². The third-order valence-corrected chi connectivity index (χ3v) is 3.40. The van der Waals surface area contributed by atoms with E-state index in [-0.39, 0.29) is 24.9 Å². The molecular formula is C16H17FN6O2. The number of hydrogen-bond acceptors (Lipinski definition) is 5. The molecule has 0 spiro atoms. The average Bonchev–Trinajstić information content (AvgIpc) is 3.03. The Morgan fingerprint density at radius 3 is 2.92 bits per heavy atom. The van der Waals surface area contributed by atoms with Crippen molar-refractivity contribution >= 4 is 11.7 Å². The molecule has 25 heavy (non-hydrogen) atoms. The first-order valence-corrected chi connectivity index (χ1v) is 7.75. The minimum Gasteiger partial charge on any atom is -0.475 e. The van der Waals surface area contributed by atoms with Crippen LogP contribution < -0.4 is 15.4 Å². The number of amides is 2. The summed E-state index contributed by atoms with van der Waals surface area (Å²) >= 11 is 0. The van der Waals surface area contributed by atoms with E-state index in [0.29, 0.717) is 29.5 Å². The normalized spacial score (nSPS) is 10.6. The average molecular weight is 344 g/mol. The topological polar surface area (TPSA) is 93.4 Å². The fourth-order valence-electron chi connectivity index (χ4n) is 2.26. The van der Waals surface area contributed by atoms with Crippen molar-refractivity contribution in [2.45, 2.75) is 20.0 Å². The van der Waals surface area contributed by atoms with Crippen LogP contribution in [0, 0.1) is 5.82 Å². The molecule has 2 aromatic heterocycles. The second-order valence-electron chi connectivity index (χ2n) is 5.14. The van der Waals surface area contributed by atoms with E-state index in [1.165, 1.54) is 12.1 Å². The molecule has 8 nitrogen and oxygen atoms in total. The molecule has 3 rings (SSSR count). The molecule has 0 saturated carbocycles. The van der Waals surface area contributed by atoms with Crippen LogP contribution in [0.5, 0.6) is 5.88 Å². The maximum absolute atomic E-state index is 13.1. The van der Waals surface area contributed by atoms with Gasteiger partial charge < -0.3 is 15.4 Å². The smallest absolute Gasteiger partial charge is 0.315 e. The lowest BCUT2D eigenvalue weighted by atomic mass is 10.2. The van der Waals surface area contributed by atoms with E-state index in [9.17, 15) is 9.18 Å². The summed E-state index contributed by atoms with van der Waals surface area (Å²) in [5, 5.41) is 13.4. The molecule has 0 atom stereocenters. The molecule has 2 heterocycles. The number of hydrogen-bond donors (Lipinski definition) is 2. The number of halogens is 1. The van der Waals surface area contributed by atoms with Crippen LogP contribution in [0.2, 0.25) is 0 Å². The molecule has 2 N–H and O–H groups in total. The molecule has 0 unspecified atom stereocenters. The van der Waals surface area contributed by atoms with Gasteiger partial charge in [0.25, 0.3) is 5.88 Å². The lowest BCUT2D eigenvalue weighted by molar-refractivity contribution is 0.240. The number of carbonyl (C=O) groups excluding carboxylic acids is 1. The van der Waals surface area contributed by atoms with Gasteiger partial charge in [-0.2, -0.15) is 0 Å². The molecule has 0 aliphatic carbocycles. The summed E-state index contributed by atoms with van der Waals surface area (Å²) < 4.78 is 20.2. The molecule has 0 saturated heterocycles. The van der Waals surface area contributed by atoms with Crippen LogP contribution in [0.25, 0.3) is 5.65 Å². The van der Waals surface area contributed by atoms with Crippen molar-refractivity contribution in [2.75, 3.05) is 6.61 Å². The van der Waals surface area contributed by atoms with Crippen molar-refractivity contribution in [2.24, 2.45) is 0 Å². The van der Waals surface area contributed by atoms with E-state index in [1.807, 2.05) is 6.92 Å². The standard InChI is InChI=1S/C16H17FN6O2/c1-2-25-15-14-22-21-13(23(14)7-6-18-15)10-20-16(24)19-9-11-4-3-5-12(17)8-11/h3-8H,2,9-10H2,1H3,(H2,19,20,24). The monoisotopic (exact) mass is 344 g/mol. The third kappa shape index (κ3) is 4.00. The van der Waals surface area contributed by atoms with Gasteiger partial charge in [0.05, 0.1) is 13.2 Å². The number of rotatable bonds is 6. The largest absolute Gasteiger partial charge is 0.475 e. The predicted molar refractivity (Wildman–Crippen MR) is 87.4 cm³/mol. The summed E-state index contributed by atoms with van der Waals surface area (Å²) in [7, 11) is 0. The Morgan fingerprint density at radius 2 is 2.12 bits per heavy atom. The van der Waals surface area contributed by atoms with Crippen molar-refractivity contribution < 1.29 is 13.9 Å². The highest BCUT2D eigenvalue weighted by Gasteiger charge is 2.12. The number of nitrogens with one attached hydrogen (secondary N) is 2. The van der Waals surface area contributed by atoms with E-state index in [2.05, 4.69) is 25.8 Å². The Labute approximate surface area is 143 Å². The fraction of sp³-hybridized carbons (Fsp3) is 0.250. The molecule has 0 radical (unpaired) electrons. The molecule has 130 valence electrons. The molecular weight excluding hydrogens is 327 g/mol. The van der Waals surface area contributed by atoms with Crippen LogP contribution in [0.3, 0.4) is 0 Å². The van der Waals surface area contributed by atoms with E-state index in [1.54, 1.807) is 28.9 Å². The van der Waals surface area contributed by atoms with Gasteiger partial charge in [0.2, 0.25) is 5.65 Å². The zero-order valence-corrected chi connectivity index (χ0v) is 13.6. The van der Waals surface area contributed by atoms with Gasteiger partial charge >= 0.3 is 6.03 Å². The number of carbonyl (C=O) groups is 1. The number of fused-ring (bicyclic) bond motifs is 1. The highest BCUT2D eigenvalue weighted by molar-refractivity contribution is 5.73. The van der Waals surface area contributed by atoms with E-state index in [0.717, 1.165) is 0 Å². The van der Waals surface area contributed by atoms with Gasteiger partial charge in [-0.1, -0.05) is 12.1 Å². The Kier molecular flexibility index (Phi) is 5.03. The van der Waals surface area contributed by atoms with Crippen molar-refractivity contribution in [3.8, 4) is 5.88 Å². The molecule has 0 fully saturated rings. The SMILES string of the molecule is CCOc1nccn2c(CNC(=O)NCc3cccc(F)c3)nnc12. The van der Waals surface area contributed by atoms with Crippen LogP contribution >= 0.6 is 0 Å². The first-order valence-electron chi connectivity index (χ1n) is 7.75. The van der Waals surface area contributed by atoms with Crippen LogP contribution in [-0.4, -0.2) is 32.2 Å². The highest BCUT2D eigenvalue weighted by atomic mass is 19.1. The Bertz CT molecular complexity index is 882. The van der Waals surface area contributed by atoms with E-state index >= 15 is 0 Å². The van der Waals surface area contributed by atoms with Gasteiger partial charge in [-0.05, 0) is 24.6 Å². The van der Waals surface area contributed by atoms with Gasteiger partial charge in [-0.25, -0.2) is 14.2 Å². The van der Waals surface area contributed by atoms with Crippen molar-refractivity contribution in [1.29, 1.82) is 0 Å². The summed E-state index contributed by atoms with van der Waals surface area (Å²) in [5.74, 6) is 0.590. The lowest BCUT2D eigenvalue weighted by Crippen LogP contribution is -2.35. The summed E-state index contributed by atoms with van der Waals surface area (Å²) in [6.07, 6.45) is 3.27. The number of urea groups is 1. The Hall–Kier alpha value is -3.23. The molecule has 2 amide bonds. The molecule has 1 aromatic carbocycles. The fourth-order valence-corrected chi connectivity index (χ4v) is 2.26. The second-order valence-corrected chi connectivity index (χ2v) is 5.14. The van der Waals surface area contributed by atoms with E-state index in [4.69, 9.17) is 4.74 Å². The zero-order chi connectivity index (χ0) is 17.6. The number of aromatic nitrogens is 4. The van der Waals surface area contributed by atoms with Crippen molar-refractivity contribution in [1.82, 2.24) is 30.2 Å². The third-order valence-electron chi connectivity index (χ3n) is 3.40. The quantitative estimate of drug-likeness (QED) is 0.709. The van der Waals surface area contributed by atoms with Gasteiger partial charge in [0.1, 0.15) is 5.82 Å². The van der Waals surface area contributed by atoms with Gasteiger partial charge in [0, 0.05) is 18.9 Å². The Balaban J connectivity index is 1.59. The van der Waals surface area contributed by atoms with Gasteiger partial charge in [0.15, 0.2) is 5.82 Å². The van der Waals surface area contributed by atoms with Crippen LogP contribution in [0.1, 0.15) is 18.3 Å². The maximum Gasteiger partial charge on any atom is 0.315 e. The number of nitrogens with zero attached hydrogens (tertiary/aromatic N) is 4. The maximum atomic E-state index is 13.1. The minimum atomic E-state index is -0.389. The van der Waals surface area contributed by atoms with Crippen LogP contribution in [-0.2, 0) is 13.1 Å². The molecule has 0 aliphatic heterocycles. The summed E-state index contributed by atoms with van der Waals surface area (Å²) in [5.41, 5.74) is 1.16. The predicted octanol–water partition coefficient (Wildman–Crippen LogP) is 1.66. The highest BCUT2D eigenvalue weighted by Crippen LogP contribution is 2.14. The van der Waals surface area contributed by atoms with Crippen LogP contribution in [0.4, 0.5) is 9.18 Å². The second kappa shape index (κ2) is 7.56. The minimum absolute atomic E-state index is 0.172. The summed E-state index contributed by atoms with van der Waals surface area (Å²) in [6, 6.07) is 5.66. The Morgan fingerprint density at radius 1 is 1.28 bits per heavy atom. The van der Waals surface area contributed by atoms with Crippen molar-refractivity contribution in [3.63, 3.8) is 0 Å². The molecule has 0 bridgehead atoms. The van der Waals surface area contributed by atoms with Gasteiger partial charge in [-0.15, -0.1) is 10.2 Å². The zero-order valence-electron chi connectivity index (χ0n) is 13.6. The lowest BCUT2D eigenvalue weighted by Gasteiger charge is -2.07. The first-order chi connectivity index (χ1) is 12.2.